The Morgan fingerprint density at radius 3 is 2.83 bits per heavy atom. The van der Waals surface area contributed by atoms with Gasteiger partial charge in [-0.05, 0) is 38.3 Å². The molecule has 1 saturated heterocycles. The van der Waals surface area contributed by atoms with E-state index in [-0.39, 0.29) is 23.1 Å². The summed E-state index contributed by atoms with van der Waals surface area (Å²) in [7, 11) is 0. The third-order valence-electron chi connectivity index (χ3n) is 3.99. The second kappa shape index (κ2) is 9.17. The Hall–Kier alpha value is -2.22. The maximum atomic E-state index is 12.6. The molecular weight excluding hydrogens is 310 g/mol. The predicted octanol–water partition coefficient (Wildman–Crippen LogP) is -0.120. The number of likely N-dealkylation sites (tertiary alicyclic amines) is 1. The van der Waals surface area contributed by atoms with Crippen LogP contribution in [0, 0.1) is 0 Å². The average Bonchev–Trinajstić information content (AvgIpc) is 2.61. The molecule has 1 atom stereocenters. The second-order valence-electron chi connectivity index (χ2n) is 5.86. The van der Waals surface area contributed by atoms with Crippen LogP contribution in [0.5, 0.6) is 0 Å². The summed E-state index contributed by atoms with van der Waals surface area (Å²) in [5, 5.41) is 12.1. The first kappa shape index (κ1) is 18.1. The first-order chi connectivity index (χ1) is 11.6. The number of carbonyl (C=O) groups is 2. The normalized spacial score (nSPS) is 17.5. The number of piperidine rings is 1. The summed E-state index contributed by atoms with van der Waals surface area (Å²) in [4.78, 5) is 37.6. The van der Waals surface area contributed by atoms with Crippen LogP contribution < -0.4 is 16.2 Å². The molecular formula is C16H25N5O3. The lowest BCUT2D eigenvalue weighted by molar-refractivity contribution is -0.126. The van der Waals surface area contributed by atoms with Gasteiger partial charge in [0, 0.05) is 25.7 Å². The Kier molecular flexibility index (Phi) is 6.92. The number of amides is 2. The molecule has 0 radical (unpaired) electrons. The molecule has 1 aliphatic rings. The van der Waals surface area contributed by atoms with E-state index >= 15 is 0 Å². The quantitative estimate of drug-likeness (QED) is 0.602. The highest BCUT2D eigenvalue weighted by Crippen LogP contribution is 2.19. The van der Waals surface area contributed by atoms with Crippen molar-refractivity contribution >= 4 is 11.8 Å². The number of carbonyl (C=O) groups excluding carboxylic acids is 2. The number of hydrogen-bond acceptors (Lipinski definition) is 5. The fourth-order valence-corrected chi connectivity index (χ4v) is 2.75. The zero-order valence-electron chi connectivity index (χ0n) is 14.0. The topological polar surface area (TPSA) is 107 Å². The third kappa shape index (κ3) is 4.89. The zero-order valence-corrected chi connectivity index (χ0v) is 14.0. The van der Waals surface area contributed by atoms with Crippen molar-refractivity contribution in [3.63, 3.8) is 0 Å². The summed E-state index contributed by atoms with van der Waals surface area (Å²) >= 11 is 0. The largest absolute Gasteiger partial charge is 0.353 e. The Bertz CT molecular complexity index is 595. The minimum absolute atomic E-state index is 0.134. The highest BCUT2D eigenvalue weighted by molar-refractivity contribution is 5.96. The summed E-state index contributed by atoms with van der Waals surface area (Å²) in [6, 6.07) is 2.17. The lowest BCUT2D eigenvalue weighted by Gasteiger charge is -2.34. The van der Waals surface area contributed by atoms with Crippen LogP contribution in [0.25, 0.3) is 0 Å². The lowest BCUT2D eigenvalue weighted by Crippen LogP contribution is -2.52. The first-order valence-corrected chi connectivity index (χ1v) is 8.48. The van der Waals surface area contributed by atoms with Gasteiger partial charge in [0.15, 0.2) is 0 Å². The van der Waals surface area contributed by atoms with Crippen molar-refractivity contribution < 1.29 is 9.59 Å². The fraction of sp³-hybridized carbons (Fsp3) is 0.625. The van der Waals surface area contributed by atoms with Gasteiger partial charge in [0.05, 0.1) is 0 Å². The number of aromatic nitrogens is 2. The van der Waals surface area contributed by atoms with Crippen molar-refractivity contribution in [2.24, 2.45) is 0 Å². The molecule has 1 aromatic heterocycles. The van der Waals surface area contributed by atoms with Crippen molar-refractivity contribution in [1.29, 1.82) is 0 Å². The van der Waals surface area contributed by atoms with E-state index < -0.39 is 6.04 Å². The highest BCUT2D eigenvalue weighted by atomic mass is 16.2. The molecule has 1 unspecified atom stereocenters. The number of nitrogens with one attached hydrogen (secondary N) is 3. The van der Waals surface area contributed by atoms with Gasteiger partial charge >= 0.3 is 0 Å². The van der Waals surface area contributed by atoms with Crippen LogP contribution in [0.4, 0.5) is 0 Å². The SMILES string of the molecule is CCCNCCNC(=O)C1CCCCN1C(=O)c1ccc(=O)[nH]n1. The molecule has 132 valence electrons. The third-order valence-corrected chi connectivity index (χ3v) is 3.99. The maximum Gasteiger partial charge on any atom is 0.274 e. The summed E-state index contributed by atoms with van der Waals surface area (Å²) in [6.45, 7) is 4.77. The summed E-state index contributed by atoms with van der Waals surface area (Å²) < 4.78 is 0. The van der Waals surface area contributed by atoms with Crippen molar-refractivity contribution in [3.05, 3.63) is 28.2 Å². The van der Waals surface area contributed by atoms with Crippen LogP contribution in [0.3, 0.4) is 0 Å². The Morgan fingerprint density at radius 1 is 1.29 bits per heavy atom. The number of nitrogens with zero attached hydrogens (tertiary/aromatic N) is 2. The van der Waals surface area contributed by atoms with Crippen molar-refractivity contribution in [1.82, 2.24) is 25.7 Å². The van der Waals surface area contributed by atoms with Gasteiger partial charge in [0.25, 0.3) is 11.5 Å². The van der Waals surface area contributed by atoms with Crippen LogP contribution >= 0.6 is 0 Å². The molecule has 0 bridgehead atoms. The zero-order chi connectivity index (χ0) is 17.4. The Labute approximate surface area is 141 Å². The van der Waals surface area contributed by atoms with Gasteiger partial charge in [-0.15, -0.1) is 0 Å². The summed E-state index contributed by atoms with van der Waals surface area (Å²) in [5.74, 6) is -0.457. The monoisotopic (exact) mass is 335 g/mol. The average molecular weight is 335 g/mol. The maximum absolute atomic E-state index is 12.6. The van der Waals surface area contributed by atoms with E-state index in [4.69, 9.17) is 0 Å². The van der Waals surface area contributed by atoms with E-state index in [2.05, 4.69) is 27.8 Å². The predicted molar refractivity (Wildman–Crippen MR) is 89.7 cm³/mol. The lowest BCUT2D eigenvalue weighted by atomic mass is 10.0. The van der Waals surface area contributed by atoms with E-state index in [1.54, 1.807) is 4.90 Å². The van der Waals surface area contributed by atoms with Gasteiger partial charge in [0.1, 0.15) is 11.7 Å². The van der Waals surface area contributed by atoms with E-state index in [1.807, 2.05) is 0 Å². The molecule has 2 amide bonds. The molecule has 8 heteroatoms. The highest BCUT2D eigenvalue weighted by Gasteiger charge is 2.33. The first-order valence-electron chi connectivity index (χ1n) is 8.48. The van der Waals surface area contributed by atoms with Crippen LogP contribution in [0.15, 0.2) is 16.9 Å². The Morgan fingerprint density at radius 2 is 2.12 bits per heavy atom. The Balaban J connectivity index is 1.96. The molecule has 0 aliphatic carbocycles. The molecule has 2 heterocycles. The van der Waals surface area contributed by atoms with Crippen molar-refractivity contribution in [2.45, 2.75) is 38.6 Å². The van der Waals surface area contributed by atoms with Gasteiger partial charge < -0.3 is 15.5 Å². The number of rotatable bonds is 7. The van der Waals surface area contributed by atoms with E-state index in [9.17, 15) is 14.4 Å². The molecule has 8 nitrogen and oxygen atoms in total. The number of aromatic amines is 1. The number of H-pyrrole nitrogens is 1. The van der Waals surface area contributed by atoms with Crippen LogP contribution in [0.1, 0.15) is 43.1 Å². The van der Waals surface area contributed by atoms with Gasteiger partial charge in [-0.2, -0.15) is 5.10 Å². The molecule has 1 fully saturated rings. The van der Waals surface area contributed by atoms with Gasteiger partial charge in [-0.1, -0.05) is 6.92 Å². The molecule has 3 N–H and O–H groups in total. The fourth-order valence-electron chi connectivity index (χ4n) is 2.75. The minimum Gasteiger partial charge on any atom is -0.353 e. The van der Waals surface area contributed by atoms with Crippen molar-refractivity contribution in [2.75, 3.05) is 26.2 Å². The van der Waals surface area contributed by atoms with E-state index in [1.165, 1.54) is 12.1 Å². The molecule has 2 rings (SSSR count). The number of hydrogen-bond donors (Lipinski definition) is 3. The van der Waals surface area contributed by atoms with Crippen LogP contribution in [0.2, 0.25) is 0 Å². The van der Waals surface area contributed by atoms with Crippen LogP contribution in [-0.2, 0) is 4.79 Å². The molecule has 0 saturated carbocycles. The molecule has 0 spiro atoms. The minimum atomic E-state index is -0.480. The van der Waals surface area contributed by atoms with Gasteiger partial charge in [-0.25, -0.2) is 5.10 Å². The molecule has 24 heavy (non-hydrogen) atoms. The van der Waals surface area contributed by atoms with E-state index in [0.717, 1.165) is 25.8 Å². The summed E-state index contributed by atoms with van der Waals surface area (Å²) in [5.41, 5.74) is -0.210. The molecule has 1 aromatic rings. The molecule has 0 aromatic carbocycles. The van der Waals surface area contributed by atoms with Crippen LogP contribution in [-0.4, -0.2) is 59.1 Å². The standard InChI is InChI=1S/C16H25N5O3/c1-2-8-17-9-10-18-15(23)13-5-3-4-11-21(13)16(24)12-6-7-14(22)20-19-12/h6-7,13,17H,2-5,8-11H2,1H3,(H,18,23)(H,20,22). The second-order valence-corrected chi connectivity index (χ2v) is 5.86. The summed E-state index contributed by atoms with van der Waals surface area (Å²) in [6.07, 6.45) is 3.46. The molecule has 1 aliphatic heterocycles. The smallest absolute Gasteiger partial charge is 0.274 e. The van der Waals surface area contributed by atoms with E-state index in [0.29, 0.717) is 26.1 Å². The van der Waals surface area contributed by atoms with Gasteiger partial charge in [0.2, 0.25) is 5.91 Å². The van der Waals surface area contributed by atoms with Gasteiger partial charge in [-0.3, -0.25) is 14.4 Å². The van der Waals surface area contributed by atoms with Crippen molar-refractivity contribution in [3.8, 4) is 0 Å².